The van der Waals surface area contributed by atoms with Gasteiger partial charge < -0.3 is 4.42 Å². The molecule has 0 aliphatic rings. The van der Waals surface area contributed by atoms with E-state index < -0.39 is 0 Å². The second-order valence-electron chi connectivity index (χ2n) is 3.95. The molecule has 0 amide bonds. The van der Waals surface area contributed by atoms with E-state index in [9.17, 15) is 4.39 Å². The molecule has 0 radical (unpaired) electrons. The van der Waals surface area contributed by atoms with Crippen LogP contribution >= 0.6 is 11.3 Å². The van der Waals surface area contributed by atoms with Crippen LogP contribution in [0.3, 0.4) is 0 Å². The number of hydrogen-bond donors (Lipinski definition) is 2. The van der Waals surface area contributed by atoms with Crippen molar-refractivity contribution in [1.82, 2.24) is 5.43 Å². The van der Waals surface area contributed by atoms with E-state index >= 15 is 0 Å². The van der Waals surface area contributed by atoms with E-state index in [0.29, 0.717) is 11.3 Å². The highest BCUT2D eigenvalue weighted by molar-refractivity contribution is 7.10. The Morgan fingerprint density at radius 3 is 2.89 bits per heavy atom. The minimum absolute atomic E-state index is 0.208. The summed E-state index contributed by atoms with van der Waals surface area (Å²) in [4.78, 5) is 1.05. The number of fused-ring (bicyclic) bond motifs is 1. The fourth-order valence-corrected chi connectivity index (χ4v) is 2.73. The van der Waals surface area contributed by atoms with E-state index in [1.54, 1.807) is 17.4 Å². The van der Waals surface area contributed by atoms with Gasteiger partial charge in [0, 0.05) is 10.3 Å². The Morgan fingerprint density at radius 2 is 2.17 bits per heavy atom. The van der Waals surface area contributed by atoms with Crippen LogP contribution in [-0.2, 0) is 0 Å². The Labute approximate surface area is 107 Å². The number of rotatable bonds is 3. The van der Waals surface area contributed by atoms with Crippen molar-refractivity contribution in [2.45, 2.75) is 6.04 Å². The van der Waals surface area contributed by atoms with Gasteiger partial charge in [-0.2, -0.15) is 0 Å². The monoisotopic (exact) mass is 262 g/mol. The predicted molar refractivity (Wildman–Crippen MR) is 69.7 cm³/mol. The Bertz CT molecular complexity index is 663. The zero-order valence-corrected chi connectivity index (χ0v) is 10.2. The summed E-state index contributed by atoms with van der Waals surface area (Å²) in [6.07, 6.45) is 0. The normalized spacial score (nSPS) is 13.0. The van der Waals surface area contributed by atoms with Gasteiger partial charge in [-0.1, -0.05) is 6.07 Å². The van der Waals surface area contributed by atoms with Crippen LogP contribution in [0, 0.1) is 5.82 Å². The molecule has 2 aromatic heterocycles. The van der Waals surface area contributed by atoms with Gasteiger partial charge >= 0.3 is 0 Å². The van der Waals surface area contributed by atoms with E-state index in [1.807, 2.05) is 23.6 Å². The summed E-state index contributed by atoms with van der Waals surface area (Å²) in [7, 11) is 0. The minimum atomic E-state index is -0.275. The van der Waals surface area contributed by atoms with Gasteiger partial charge in [0.2, 0.25) is 0 Å². The summed E-state index contributed by atoms with van der Waals surface area (Å²) in [5, 5.41) is 2.71. The molecule has 3 rings (SSSR count). The Hall–Kier alpha value is -1.69. The molecule has 2 heterocycles. The first kappa shape index (κ1) is 11.4. The lowest BCUT2D eigenvalue weighted by atomic mass is 10.2. The molecule has 0 fully saturated rings. The Kier molecular flexibility index (Phi) is 2.87. The number of thiophene rings is 1. The number of benzene rings is 1. The van der Waals surface area contributed by atoms with Crippen molar-refractivity contribution in [1.29, 1.82) is 0 Å². The van der Waals surface area contributed by atoms with Crippen molar-refractivity contribution in [2.24, 2.45) is 5.84 Å². The molecule has 1 atom stereocenters. The summed E-state index contributed by atoms with van der Waals surface area (Å²) in [5.74, 6) is 5.98. The van der Waals surface area contributed by atoms with E-state index in [0.717, 1.165) is 10.3 Å². The number of furan rings is 1. The molecule has 0 saturated carbocycles. The molecule has 1 unspecified atom stereocenters. The maximum absolute atomic E-state index is 13.1. The van der Waals surface area contributed by atoms with Crippen LogP contribution in [-0.4, -0.2) is 0 Å². The van der Waals surface area contributed by atoms with Gasteiger partial charge in [-0.3, -0.25) is 5.84 Å². The van der Waals surface area contributed by atoms with Crippen molar-refractivity contribution in [2.75, 3.05) is 0 Å². The van der Waals surface area contributed by atoms with E-state index in [2.05, 4.69) is 5.43 Å². The number of hydrogen-bond acceptors (Lipinski definition) is 4. The standard InChI is InChI=1S/C13H11FN2OS/c14-9-3-4-10-8(6-9)7-11(17-10)13(16-15)12-2-1-5-18-12/h1-7,13,16H,15H2. The number of nitrogens with two attached hydrogens (primary N) is 1. The molecule has 92 valence electrons. The first-order valence-corrected chi connectivity index (χ1v) is 6.34. The largest absolute Gasteiger partial charge is 0.459 e. The molecule has 3 aromatic rings. The topological polar surface area (TPSA) is 51.2 Å². The quantitative estimate of drug-likeness (QED) is 0.563. The fourth-order valence-electron chi connectivity index (χ4n) is 1.94. The highest BCUT2D eigenvalue weighted by Gasteiger charge is 2.18. The summed E-state index contributed by atoms with van der Waals surface area (Å²) >= 11 is 1.59. The predicted octanol–water partition coefficient (Wildman–Crippen LogP) is 3.19. The van der Waals surface area contributed by atoms with Gasteiger partial charge in [-0.05, 0) is 35.7 Å². The van der Waals surface area contributed by atoms with Crippen LogP contribution in [0.2, 0.25) is 0 Å². The van der Waals surface area contributed by atoms with Crippen molar-refractivity contribution in [3.63, 3.8) is 0 Å². The van der Waals surface area contributed by atoms with E-state index in [4.69, 9.17) is 10.3 Å². The first-order chi connectivity index (χ1) is 8.78. The van der Waals surface area contributed by atoms with Crippen LogP contribution in [0.5, 0.6) is 0 Å². The van der Waals surface area contributed by atoms with Crippen molar-refractivity contribution < 1.29 is 8.81 Å². The van der Waals surface area contributed by atoms with Crippen LogP contribution in [0.15, 0.2) is 46.2 Å². The SMILES string of the molecule is NNC(c1cc2cc(F)ccc2o1)c1cccs1. The maximum Gasteiger partial charge on any atom is 0.134 e. The molecule has 0 bridgehead atoms. The molecular formula is C13H11FN2OS. The van der Waals surface area contributed by atoms with Crippen molar-refractivity contribution >= 4 is 22.3 Å². The van der Waals surface area contributed by atoms with Gasteiger partial charge in [-0.25, -0.2) is 9.82 Å². The lowest BCUT2D eigenvalue weighted by molar-refractivity contribution is 0.481. The summed E-state index contributed by atoms with van der Waals surface area (Å²) in [6.45, 7) is 0. The van der Waals surface area contributed by atoms with Gasteiger partial charge in [0.1, 0.15) is 23.2 Å². The average molecular weight is 262 g/mol. The smallest absolute Gasteiger partial charge is 0.134 e. The molecule has 0 spiro atoms. The summed E-state index contributed by atoms with van der Waals surface area (Å²) in [6, 6.07) is 9.98. The van der Waals surface area contributed by atoms with Crippen LogP contribution in [0.25, 0.3) is 11.0 Å². The molecular weight excluding hydrogens is 251 g/mol. The minimum Gasteiger partial charge on any atom is -0.459 e. The van der Waals surface area contributed by atoms with E-state index in [-0.39, 0.29) is 11.9 Å². The van der Waals surface area contributed by atoms with Gasteiger partial charge in [0.25, 0.3) is 0 Å². The lowest BCUT2D eigenvalue weighted by Gasteiger charge is -2.10. The molecule has 3 nitrogen and oxygen atoms in total. The van der Waals surface area contributed by atoms with Crippen LogP contribution in [0.1, 0.15) is 16.7 Å². The highest BCUT2D eigenvalue weighted by Crippen LogP contribution is 2.30. The lowest BCUT2D eigenvalue weighted by Crippen LogP contribution is -2.27. The second kappa shape index (κ2) is 4.53. The molecule has 0 aliphatic carbocycles. The molecule has 18 heavy (non-hydrogen) atoms. The molecule has 0 aliphatic heterocycles. The number of nitrogens with one attached hydrogen (secondary N) is 1. The average Bonchev–Trinajstić information content (AvgIpc) is 2.98. The second-order valence-corrected chi connectivity index (χ2v) is 4.93. The molecule has 1 aromatic carbocycles. The Morgan fingerprint density at radius 1 is 1.28 bits per heavy atom. The zero-order valence-electron chi connectivity index (χ0n) is 9.39. The van der Waals surface area contributed by atoms with E-state index in [1.165, 1.54) is 12.1 Å². The molecule has 5 heteroatoms. The third-order valence-corrected chi connectivity index (χ3v) is 3.71. The molecule has 3 N–H and O–H groups in total. The summed E-state index contributed by atoms with van der Waals surface area (Å²) < 4.78 is 18.8. The van der Waals surface area contributed by atoms with Gasteiger partial charge in [0.05, 0.1) is 0 Å². The van der Waals surface area contributed by atoms with Crippen molar-refractivity contribution in [3.05, 3.63) is 58.2 Å². The number of halogens is 1. The summed E-state index contributed by atoms with van der Waals surface area (Å²) in [5.41, 5.74) is 3.37. The Balaban J connectivity index is 2.07. The van der Waals surface area contributed by atoms with Gasteiger partial charge in [-0.15, -0.1) is 11.3 Å². The third kappa shape index (κ3) is 1.92. The van der Waals surface area contributed by atoms with Crippen molar-refractivity contribution in [3.8, 4) is 0 Å². The third-order valence-electron chi connectivity index (χ3n) is 2.78. The van der Waals surface area contributed by atoms with Crippen LogP contribution in [0.4, 0.5) is 4.39 Å². The number of hydrazine groups is 1. The highest BCUT2D eigenvalue weighted by atomic mass is 32.1. The molecule has 0 saturated heterocycles. The maximum atomic E-state index is 13.1. The van der Waals surface area contributed by atoms with Crippen LogP contribution < -0.4 is 11.3 Å². The van der Waals surface area contributed by atoms with Gasteiger partial charge in [0.15, 0.2) is 0 Å². The first-order valence-electron chi connectivity index (χ1n) is 5.46. The zero-order chi connectivity index (χ0) is 12.5. The fraction of sp³-hybridized carbons (Fsp3) is 0.0769.